The zero-order chi connectivity index (χ0) is 14.1. The Labute approximate surface area is 118 Å². The van der Waals surface area contributed by atoms with Crippen LogP contribution in [0.4, 0.5) is 0 Å². The molecule has 0 aliphatic carbocycles. The van der Waals surface area contributed by atoms with Crippen molar-refractivity contribution < 1.29 is 4.74 Å². The van der Waals surface area contributed by atoms with E-state index in [-0.39, 0.29) is 0 Å². The van der Waals surface area contributed by atoms with E-state index in [0.717, 1.165) is 26.0 Å². The molecule has 1 aromatic carbocycles. The molecule has 0 aliphatic heterocycles. The molecule has 1 N–H and O–H groups in total. The molecule has 0 amide bonds. The number of benzene rings is 1. The van der Waals surface area contributed by atoms with Crippen molar-refractivity contribution >= 4 is 0 Å². The molecule has 0 heterocycles. The van der Waals surface area contributed by atoms with Crippen molar-refractivity contribution in [2.45, 2.75) is 59.1 Å². The molecule has 0 aromatic heterocycles. The van der Waals surface area contributed by atoms with Gasteiger partial charge in [0.1, 0.15) is 0 Å². The van der Waals surface area contributed by atoms with Gasteiger partial charge in [0.2, 0.25) is 0 Å². The van der Waals surface area contributed by atoms with E-state index < -0.39 is 0 Å². The number of hydrogen-bond donors (Lipinski definition) is 1. The maximum atomic E-state index is 5.76. The predicted molar refractivity (Wildman–Crippen MR) is 82.7 cm³/mol. The molecule has 2 nitrogen and oxygen atoms in total. The first-order chi connectivity index (χ1) is 9.13. The van der Waals surface area contributed by atoms with Crippen LogP contribution in [0.5, 0.6) is 0 Å². The molecule has 0 saturated heterocycles. The van der Waals surface area contributed by atoms with Crippen LogP contribution in [-0.4, -0.2) is 25.3 Å². The Hall–Kier alpha value is -0.860. The maximum Gasteiger partial charge on any atom is 0.0623 e. The minimum absolute atomic E-state index is 0.310. The summed E-state index contributed by atoms with van der Waals surface area (Å²) >= 11 is 0. The largest absolute Gasteiger partial charge is 0.377 e. The predicted octanol–water partition coefficient (Wildman–Crippen LogP) is 3.72. The molecule has 0 radical (unpaired) electrons. The fourth-order valence-corrected chi connectivity index (χ4v) is 2.12. The first-order valence-corrected chi connectivity index (χ1v) is 7.53. The molecular weight excluding hydrogens is 234 g/mol. The summed E-state index contributed by atoms with van der Waals surface area (Å²) in [5, 5.41) is 3.59. The molecule has 1 rings (SSSR count). The summed E-state index contributed by atoms with van der Waals surface area (Å²) in [6.07, 6.45) is 3.74. The molecule has 0 spiro atoms. The molecule has 1 aromatic rings. The molecule has 1 unspecified atom stereocenters. The van der Waals surface area contributed by atoms with Crippen LogP contribution in [0.1, 0.15) is 44.7 Å². The van der Waals surface area contributed by atoms with Crippen LogP contribution in [0.15, 0.2) is 24.3 Å². The van der Waals surface area contributed by atoms with Gasteiger partial charge in [0, 0.05) is 6.04 Å². The first-order valence-electron chi connectivity index (χ1n) is 7.53. The number of hydrogen-bond acceptors (Lipinski definition) is 2. The Morgan fingerprint density at radius 2 is 1.95 bits per heavy atom. The normalized spacial score (nSPS) is 12.9. The van der Waals surface area contributed by atoms with E-state index in [1.807, 2.05) is 0 Å². The average Bonchev–Trinajstić information content (AvgIpc) is 2.39. The van der Waals surface area contributed by atoms with Crippen molar-refractivity contribution in [3.05, 3.63) is 35.4 Å². The second-order valence-electron chi connectivity index (χ2n) is 5.50. The van der Waals surface area contributed by atoms with Crippen molar-refractivity contribution in [1.82, 2.24) is 5.32 Å². The summed E-state index contributed by atoms with van der Waals surface area (Å²) in [5.41, 5.74) is 2.84. The second kappa shape index (κ2) is 9.11. The van der Waals surface area contributed by atoms with E-state index in [4.69, 9.17) is 4.74 Å². The van der Waals surface area contributed by atoms with E-state index in [2.05, 4.69) is 57.3 Å². The minimum Gasteiger partial charge on any atom is -0.377 e. The quantitative estimate of drug-likeness (QED) is 0.733. The Morgan fingerprint density at radius 3 is 2.58 bits per heavy atom. The number of aryl methyl sites for hydroxylation is 2. The van der Waals surface area contributed by atoms with Gasteiger partial charge in [-0.05, 0) is 57.7 Å². The molecule has 108 valence electrons. The van der Waals surface area contributed by atoms with E-state index in [0.29, 0.717) is 12.1 Å². The fraction of sp³-hybridized carbons (Fsp3) is 0.647. The smallest absolute Gasteiger partial charge is 0.0623 e. The van der Waals surface area contributed by atoms with Gasteiger partial charge in [-0.15, -0.1) is 0 Å². The topological polar surface area (TPSA) is 21.3 Å². The molecule has 19 heavy (non-hydrogen) atoms. The lowest BCUT2D eigenvalue weighted by atomic mass is 10.0. The second-order valence-corrected chi connectivity index (χ2v) is 5.50. The third-order valence-corrected chi connectivity index (χ3v) is 3.34. The third-order valence-electron chi connectivity index (χ3n) is 3.34. The molecule has 2 heteroatoms. The van der Waals surface area contributed by atoms with Gasteiger partial charge in [0.15, 0.2) is 0 Å². The van der Waals surface area contributed by atoms with Crippen molar-refractivity contribution in [1.29, 1.82) is 0 Å². The van der Waals surface area contributed by atoms with Crippen LogP contribution < -0.4 is 5.32 Å². The zero-order valence-electron chi connectivity index (χ0n) is 12.9. The van der Waals surface area contributed by atoms with Crippen LogP contribution in [-0.2, 0) is 11.2 Å². The highest BCUT2D eigenvalue weighted by Gasteiger charge is 2.10. The van der Waals surface area contributed by atoms with Crippen molar-refractivity contribution in [2.24, 2.45) is 0 Å². The summed E-state index contributed by atoms with van der Waals surface area (Å²) in [6, 6.07) is 9.11. The van der Waals surface area contributed by atoms with Crippen molar-refractivity contribution in [3.8, 4) is 0 Å². The highest BCUT2D eigenvalue weighted by molar-refractivity contribution is 5.25. The molecule has 0 aliphatic rings. The van der Waals surface area contributed by atoms with Crippen LogP contribution in [0, 0.1) is 6.92 Å². The third kappa shape index (κ3) is 6.74. The summed E-state index contributed by atoms with van der Waals surface area (Å²) in [5.74, 6) is 0. The summed E-state index contributed by atoms with van der Waals surface area (Å²) < 4.78 is 5.76. The summed E-state index contributed by atoms with van der Waals surface area (Å²) in [7, 11) is 0. The Bertz CT molecular complexity index is 349. The SMILES string of the molecule is CCCNC(CCc1ccccc1C)COC(C)C. The van der Waals surface area contributed by atoms with Crippen molar-refractivity contribution in [3.63, 3.8) is 0 Å². The molecule has 0 fully saturated rings. The average molecular weight is 263 g/mol. The van der Waals surface area contributed by atoms with Crippen LogP contribution in [0.25, 0.3) is 0 Å². The van der Waals surface area contributed by atoms with Gasteiger partial charge < -0.3 is 10.1 Å². The summed E-state index contributed by atoms with van der Waals surface area (Å²) in [4.78, 5) is 0. The lowest BCUT2D eigenvalue weighted by molar-refractivity contribution is 0.0596. The van der Waals surface area contributed by atoms with E-state index in [9.17, 15) is 0 Å². The van der Waals surface area contributed by atoms with E-state index >= 15 is 0 Å². The highest BCUT2D eigenvalue weighted by Crippen LogP contribution is 2.11. The van der Waals surface area contributed by atoms with Gasteiger partial charge in [-0.3, -0.25) is 0 Å². The number of nitrogens with one attached hydrogen (secondary N) is 1. The van der Waals surface area contributed by atoms with E-state index in [1.54, 1.807) is 0 Å². The van der Waals surface area contributed by atoms with Crippen LogP contribution in [0.3, 0.4) is 0 Å². The van der Waals surface area contributed by atoms with Gasteiger partial charge in [-0.1, -0.05) is 31.2 Å². The fourth-order valence-electron chi connectivity index (χ4n) is 2.12. The molecule has 0 saturated carbocycles. The van der Waals surface area contributed by atoms with E-state index in [1.165, 1.54) is 17.5 Å². The summed E-state index contributed by atoms with van der Waals surface area (Å²) in [6.45, 7) is 10.5. The van der Waals surface area contributed by atoms with Gasteiger partial charge in [0.05, 0.1) is 12.7 Å². The van der Waals surface area contributed by atoms with Crippen molar-refractivity contribution in [2.75, 3.05) is 13.2 Å². The Kier molecular flexibility index (Phi) is 7.76. The molecule has 1 atom stereocenters. The molecule has 0 bridgehead atoms. The van der Waals surface area contributed by atoms with Crippen LogP contribution in [0.2, 0.25) is 0 Å². The zero-order valence-corrected chi connectivity index (χ0v) is 12.9. The van der Waals surface area contributed by atoms with Gasteiger partial charge >= 0.3 is 0 Å². The Morgan fingerprint density at radius 1 is 1.21 bits per heavy atom. The monoisotopic (exact) mass is 263 g/mol. The number of rotatable bonds is 9. The minimum atomic E-state index is 0.310. The van der Waals surface area contributed by atoms with Gasteiger partial charge in [0.25, 0.3) is 0 Å². The lowest BCUT2D eigenvalue weighted by Crippen LogP contribution is -2.35. The molecular formula is C17H29NO. The van der Waals surface area contributed by atoms with Gasteiger partial charge in [-0.25, -0.2) is 0 Å². The highest BCUT2D eigenvalue weighted by atomic mass is 16.5. The van der Waals surface area contributed by atoms with Crippen LogP contribution >= 0.6 is 0 Å². The standard InChI is InChI=1S/C17H29NO/c1-5-12-18-17(13-19-14(2)3)11-10-16-9-7-6-8-15(16)4/h6-9,14,17-18H,5,10-13H2,1-4H3. The number of ether oxygens (including phenoxy) is 1. The van der Waals surface area contributed by atoms with Gasteiger partial charge in [-0.2, -0.15) is 0 Å². The first kappa shape index (κ1) is 16.2. The lowest BCUT2D eigenvalue weighted by Gasteiger charge is -2.20. The maximum absolute atomic E-state index is 5.76. The Balaban J connectivity index is 2.45.